The molecule has 0 aliphatic rings. The standard InChI is InChI=1S/C14H21N5O/c1-12(2)20-11-7-6-10-15-14-16-17-18-19(14)13-8-4-3-5-9-13/h3-5,8-9,12H,6-7,10-11H2,1-2H3,(H,15,16,18). The average Bonchev–Trinajstić information content (AvgIpc) is 2.92. The van der Waals surface area contributed by atoms with Crippen LogP contribution in [-0.4, -0.2) is 39.5 Å². The van der Waals surface area contributed by atoms with Crippen LogP contribution >= 0.6 is 0 Å². The smallest absolute Gasteiger partial charge is 0.247 e. The summed E-state index contributed by atoms with van der Waals surface area (Å²) in [6.07, 6.45) is 2.35. The lowest BCUT2D eigenvalue weighted by atomic mass is 10.3. The minimum absolute atomic E-state index is 0.299. The first-order valence-corrected chi connectivity index (χ1v) is 6.96. The van der Waals surface area contributed by atoms with E-state index in [1.807, 2.05) is 44.2 Å². The number of benzene rings is 1. The molecule has 0 spiro atoms. The van der Waals surface area contributed by atoms with Gasteiger partial charge in [0, 0.05) is 13.2 Å². The normalized spacial score (nSPS) is 10.9. The van der Waals surface area contributed by atoms with E-state index >= 15 is 0 Å². The van der Waals surface area contributed by atoms with E-state index < -0.39 is 0 Å². The molecule has 1 N–H and O–H groups in total. The predicted molar refractivity (Wildman–Crippen MR) is 78.0 cm³/mol. The maximum atomic E-state index is 5.50. The number of ether oxygens (including phenoxy) is 1. The molecule has 0 bridgehead atoms. The van der Waals surface area contributed by atoms with Crippen molar-refractivity contribution in [2.24, 2.45) is 0 Å². The molecule has 0 atom stereocenters. The Hall–Kier alpha value is -1.95. The van der Waals surface area contributed by atoms with Crippen LogP contribution in [-0.2, 0) is 4.74 Å². The Bertz CT molecular complexity index is 497. The van der Waals surface area contributed by atoms with Crippen LogP contribution in [0.4, 0.5) is 5.95 Å². The fourth-order valence-corrected chi connectivity index (χ4v) is 1.79. The Kier molecular flexibility index (Phi) is 5.49. The van der Waals surface area contributed by atoms with Gasteiger partial charge in [-0.05, 0) is 49.2 Å². The summed E-state index contributed by atoms with van der Waals surface area (Å²) in [7, 11) is 0. The van der Waals surface area contributed by atoms with Crippen molar-refractivity contribution < 1.29 is 4.74 Å². The molecule has 2 aromatic rings. The summed E-state index contributed by atoms with van der Waals surface area (Å²) in [6.45, 7) is 5.72. The maximum Gasteiger partial charge on any atom is 0.247 e. The number of nitrogens with zero attached hydrogens (tertiary/aromatic N) is 4. The highest BCUT2D eigenvalue weighted by molar-refractivity contribution is 5.38. The van der Waals surface area contributed by atoms with Gasteiger partial charge < -0.3 is 10.1 Å². The van der Waals surface area contributed by atoms with Gasteiger partial charge in [-0.15, -0.1) is 0 Å². The number of hydrogen-bond acceptors (Lipinski definition) is 5. The number of rotatable bonds is 8. The molecule has 6 nitrogen and oxygen atoms in total. The zero-order valence-electron chi connectivity index (χ0n) is 12.0. The molecule has 0 saturated carbocycles. The van der Waals surface area contributed by atoms with E-state index in [0.29, 0.717) is 12.1 Å². The second-order valence-electron chi connectivity index (χ2n) is 4.80. The molecule has 1 heterocycles. The van der Waals surface area contributed by atoms with Gasteiger partial charge in [0.2, 0.25) is 5.95 Å². The molecule has 2 rings (SSSR count). The number of nitrogens with one attached hydrogen (secondary N) is 1. The maximum absolute atomic E-state index is 5.50. The van der Waals surface area contributed by atoms with Crippen molar-refractivity contribution in [3.63, 3.8) is 0 Å². The summed E-state index contributed by atoms with van der Waals surface area (Å²) in [6, 6.07) is 9.83. The van der Waals surface area contributed by atoms with Gasteiger partial charge in [0.15, 0.2) is 0 Å². The van der Waals surface area contributed by atoms with Crippen molar-refractivity contribution in [1.82, 2.24) is 20.2 Å². The highest BCUT2D eigenvalue weighted by Crippen LogP contribution is 2.10. The fraction of sp³-hybridized carbons (Fsp3) is 0.500. The molecule has 0 aliphatic heterocycles. The minimum atomic E-state index is 0.299. The number of aromatic nitrogens is 4. The lowest BCUT2D eigenvalue weighted by molar-refractivity contribution is 0.0765. The highest BCUT2D eigenvalue weighted by atomic mass is 16.5. The van der Waals surface area contributed by atoms with Crippen molar-refractivity contribution in [3.05, 3.63) is 30.3 Å². The molecule has 0 radical (unpaired) electrons. The second-order valence-corrected chi connectivity index (χ2v) is 4.80. The number of anilines is 1. The van der Waals surface area contributed by atoms with Gasteiger partial charge in [-0.1, -0.05) is 23.3 Å². The number of hydrogen-bond donors (Lipinski definition) is 1. The van der Waals surface area contributed by atoms with Gasteiger partial charge in [0.05, 0.1) is 11.8 Å². The van der Waals surface area contributed by atoms with Crippen molar-refractivity contribution in [2.75, 3.05) is 18.5 Å². The van der Waals surface area contributed by atoms with Crippen LogP contribution in [0.3, 0.4) is 0 Å². The van der Waals surface area contributed by atoms with Gasteiger partial charge in [0.25, 0.3) is 0 Å². The Labute approximate surface area is 119 Å². The van der Waals surface area contributed by atoms with Crippen LogP contribution in [0.1, 0.15) is 26.7 Å². The van der Waals surface area contributed by atoms with Crippen LogP contribution in [0, 0.1) is 0 Å². The minimum Gasteiger partial charge on any atom is -0.379 e. The van der Waals surface area contributed by atoms with E-state index in [1.54, 1.807) is 4.68 Å². The Morgan fingerprint density at radius 1 is 1.20 bits per heavy atom. The van der Waals surface area contributed by atoms with Gasteiger partial charge in [0.1, 0.15) is 0 Å². The molecule has 1 aromatic heterocycles. The zero-order chi connectivity index (χ0) is 14.2. The third-order valence-corrected chi connectivity index (χ3v) is 2.78. The van der Waals surface area contributed by atoms with E-state index in [0.717, 1.165) is 31.7 Å². The van der Waals surface area contributed by atoms with Crippen molar-refractivity contribution in [3.8, 4) is 5.69 Å². The molecule has 0 unspecified atom stereocenters. The average molecular weight is 275 g/mol. The van der Waals surface area contributed by atoms with Crippen LogP contribution in [0.5, 0.6) is 0 Å². The summed E-state index contributed by atoms with van der Waals surface area (Å²) >= 11 is 0. The third kappa shape index (κ3) is 4.31. The summed E-state index contributed by atoms with van der Waals surface area (Å²) in [4.78, 5) is 0. The van der Waals surface area contributed by atoms with Gasteiger partial charge in [-0.25, -0.2) is 0 Å². The SMILES string of the molecule is CC(C)OCCCCNc1nnnn1-c1ccccc1. The third-order valence-electron chi connectivity index (χ3n) is 2.78. The molecule has 0 fully saturated rings. The molecular weight excluding hydrogens is 254 g/mol. The monoisotopic (exact) mass is 275 g/mol. The summed E-state index contributed by atoms with van der Waals surface area (Å²) in [5.74, 6) is 0.668. The largest absolute Gasteiger partial charge is 0.379 e. The van der Waals surface area contributed by atoms with Gasteiger partial charge in [-0.2, -0.15) is 4.68 Å². The predicted octanol–water partition coefficient (Wildman–Crippen LogP) is 2.28. The Morgan fingerprint density at radius 3 is 2.75 bits per heavy atom. The highest BCUT2D eigenvalue weighted by Gasteiger charge is 2.06. The molecule has 0 amide bonds. The van der Waals surface area contributed by atoms with Crippen LogP contribution in [0.25, 0.3) is 5.69 Å². The second kappa shape index (κ2) is 7.59. The molecule has 20 heavy (non-hydrogen) atoms. The number of para-hydroxylation sites is 1. The first-order valence-electron chi connectivity index (χ1n) is 6.96. The first kappa shape index (κ1) is 14.5. The fourth-order valence-electron chi connectivity index (χ4n) is 1.79. The molecule has 108 valence electrons. The van der Waals surface area contributed by atoms with E-state index in [4.69, 9.17) is 4.74 Å². The number of unbranched alkanes of at least 4 members (excludes halogenated alkanes) is 1. The van der Waals surface area contributed by atoms with E-state index in [9.17, 15) is 0 Å². The van der Waals surface area contributed by atoms with E-state index in [2.05, 4.69) is 20.8 Å². The van der Waals surface area contributed by atoms with Crippen molar-refractivity contribution in [1.29, 1.82) is 0 Å². The van der Waals surface area contributed by atoms with E-state index in [1.165, 1.54) is 0 Å². The zero-order valence-corrected chi connectivity index (χ0v) is 12.0. The molecule has 6 heteroatoms. The lowest BCUT2D eigenvalue weighted by Crippen LogP contribution is -2.10. The van der Waals surface area contributed by atoms with Crippen LogP contribution in [0.15, 0.2) is 30.3 Å². The Balaban J connectivity index is 1.78. The molecule has 0 aliphatic carbocycles. The van der Waals surface area contributed by atoms with E-state index in [-0.39, 0.29) is 0 Å². The van der Waals surface area contributed by atoms with Gasteiger partial charge in [-0.3, -0.25) is 0 Å². The van der Waals surface area contributed by atoms with Crippen LogP contribution in [0.2, 0.25) is 0 Å². The first-order chi connectivity index (χ1) is 9.77. The molecular formula is C14H21N5O. The number of tetrazole rings is 1. The topological polar surface area (TPSA) is 64.9 Å². The van der Waals surface area contributed by atoms with Crippen molar-refractivity contribution >= 4 is 5.95 Å². The van der Waals surface area contributed by atoms with Gasteiger partial charge >= 0.3 is 0 Å². The summed E-state index contributed by atoms with van der Waals surface area (Å²) in [5.41, 5.74) is 0.947. The Morgan fingerprint density at radius 2 is 2.00 bits per heavy atom. The summed E-state index contributed by atoms with van der Waals surface area (Å²) < 4.78 is 7.20. The lowest BCUT2D eigenvalue weighted by Gasteiger charge is -2.08. The quantitative estimate of drug-likeness (QED) is 0.749. The van der Waals surface area contributed by atoms with Crippen LogP contribution < -0.4 is 5.32 Å². The molecule has 1 aromatic carbocycles. The molecule has 0 saturated heterocycles. The van der Waals surface area contributed by atoms with Crippen molar-refractivity contribution in [2.45, 2.75) is 32.8 Å². The summed E-state index contributed by atoms with van der Waals surface area (Å²) in [5, 5.41) is 15.0.